The van der Waals surface area contributed by atoms with Gasteiger partial charge in [-0.3, -0.25) is 14.4 Å². The molecule has 0 bridgehead atoms. The van der Waals surface area contributed by atoms with Gasteiger partial charge in [-0.25, -0.2) is 9.97 Å². The monoisotopic (exact) mass is 462 g/mol. The molecule has 0 radical (unpaired) electrons. The summed E-state index contributed by atoms with van der Waals surface area (Å²) in [5.41, 5.74) is 3.73. The van der Waals surface area contributed by atoms with Gasteiger partial charge in [-0.1, -0.05) is 44.2 Å². The van der Waals surface area contributed by atoms with Gasteiger partial charge in [0, 0.05) is 24.9 Å². The lowest BCUT2D eigenvalue weighted by Gasteiger charge is -2.16. The van der Waals surface area contributed by atoms with Crippen LogP contribution in [0.1, 0.15) is 35.6 Å². The smallest absolute Gasteiger partial charge is 0.363 e. The van der Waals surface area contributed by atoms with Crippen molar-refractivity contribution in [3.8, 4) is 5.95 Å². The van der Waals surface area contributed by atoms with Gasteiger partial charge in [0.2, 0.25) is 5.78 Å². The number of nitrogens with two attached hydrogens (primary N) is 1. The van der Waals surface area contributed by atoms with E-state index in [9.17, 15) is 27.6 Å². The van der Waals surface area contributed by atoms with Crippen molar-refractivity contribution in [2.24, 2.45) is 5.73 Å². The van der Waals surface area contributed by atoms with Gasteiger partial charge in [0.05, 0.1) is 0 Å². The maximum Gasteiger partial charge on any atom is 0.435 e. The number of nitrogens with zero attached hydrogens (tertiary/aromatic N) is 4. The van der Waals surface area contributed by atoms with Gasteiger partial charge < -0.3 is 11.1 Å². The van der Waals surface area contributed by atoms with Crippen molar-refractivity contribution >= 4 is 17.6 Å². The molecule has 0 fully saturated rings. The molecule has 2 aromatic heterocycles. The first-order valence-corrected chi connectivity index (χ1v) is 9.80. The summed E-state index contributed by atoms with van der Waals surface area (Å²) in [6.07, 6.45) is -2.43. The lowest BCUT2D eigenvalue weighted by molar-refractivity contribution is -0.141. The third-order valence-electron chi connectivity index (χ3n) is 4.12. The number of halogens is 3. The standard InChI is InChI=1S/C19H15F3N6O3.C2H6/c20-19(21,22)14-10-13(28(27-14)18-24-7-4-8-25-18)17(31)26-12(15(29)16(23)30)9-11-5-2-1-3-6-11;1-2/h1-8,10,12H,9H2,(H2,23,30)(H,26,31);1-2H3. The number of rotatable bonds is 7. The van der Waals surface area contributed by atoms with Gasteiger partial charge in [-0.05, 0) is 11.6 Å². The molecule has 12 heteroatoms. The van der Waals surface area contributed by atoms with E-state index in [0.717, 1.165) is 0 Å². The Morgan fingerprint density at radius 1 is 1.06 bits per heavy atom. The predicted molar refractivity (Wildman–Crippen MR) is 111 cm³/mol. The van der Waals surface area contributed by atoms with Crippen LogP contribution in [0.2, 0.25) is 0 Å². The van der Waals surface area contributed by atoms with Crippen molar-refractivity contribution in [3.63, 3.8) is 0 Å². The Morgan fingerprint density at radius 3 is 2.21 bits per heavy atom. The van der Waals surface area contributed by atoms with Gasteiger partial charge in [0.15, 0.2) is 5.69 Å². The van der Waals surface area contributed by atoms with Gasteiger partial charge in [-0.15, -0.1) is 0 Å². The number of carbonyl (C=O) groups excluding carboxylic acids is 3. The Labute approximate surface area is 186 Å². The van der Waals surface area contributed by atoms with Crippen LogP contribution in [0.25, 0.3) is 5.95 Å². The fourth-order valence-corrected chi connectivity index (χ4v) is 2.70. The van der Waals surface area contributed by atoms with E-state index in [4.69, 9.17) is 5.73 Å². The second kappa shape index (κ2) is 11.0. The van der Waals surface area contributed by atoms with Gasteiger partial charge in [0.25, 0.3) is 17.8 Å². The summed E-state index contributed by atoms with van der Waals surface area (Å²) in [5, 5.41) is 5.64. The average molecular weight is 462 g/mol. The van der Waals surface area contributed by atoms with Crippen LogP contribution < -0.4 is 11.1 Å². The topological polar surface area (TPSA) is 133 Å². The highest BCUT2D eigenvalue weighted by atomic mass is 19.4. The van der Waals surface area contributed by atoms with Crippen LogP contribution in [0.5, 0.6) is 0 Å². The number of nitrogens with one attached hydrogen (secondary N) is 1. The first-order chi connectivity index (χ1) is 15.7. The number of hydrogen-bond donors (Lipinski definition) is 2. The molecule has 0 aliphatic carbocycles. The number of hydrogen-bond acceptors (Lipinski definition) is 6. The van der Waals surface area contributed by atoms with E-state index in [0.29, 0.717) is 16.3 Å². The lowest BCUT2D eigenvalue weighted by Crippen LogP contribution is -2.47. The Morgan fingerprint density at radius 2 is 1.67 bits per heavy atom. The molecular formula is C21H21F3N6O3. The van der Waals surface area contributed by atoms with Crippen LogP contribution in [0.3, 0.4) is 0 Å². The number of amides is 2. The van der Waals surface area contributed by atoms with Gasteiger partial charge >= 0.3 is 6.18 Å². The van der Waals surface area contributed by atoms with E-state index in [2.05, 4.69) is 20.4 Å². The highest BCUT2D eigenvalue weighted by Gasteiger charge is 2.37. The molecule has 9 nitrogen and oxygen atoms in total. The number of alkyl halides is 3. The van der Waals surface area contributed by atoms with E-state index in [1.54, 1.807) is 30.3 Å². The first-order valence-electron chi connectivity index (χ1n) is 9.80. The van der Waals surface area contributed by atoms with Crippen LogP contribution in [0.4, 0.5) is 13.2 Å². The van der Waals surface area contributed by atoms with Gasteiger partial charge in [0.1, 0.15) is 11.7 Å². The molecule has 0 saturated carbocycles. The Bertz CT molecular complexity index is 1100. The molecule has 1 unspecified atom stereocenters. The molecule has 0 aliphatic rings. The maximum atomic E-state index is 13.2. The van der Waals surface area contributed by atoms with Crippen LogP contribution in [0.15, 0.2) is 54.9 Å². The summed E-state index contributed by atoms with van der Waals surface area (Å²) in [6.45, 7) is 4.00. The maximum absolute atomic E-state index is 13.2. The summed E-state index contributed by atoms with van der Waals surface area (Å²) in [7, 11) is 0. The fraction of sp³-hybridized carbons (Fsp3) is 0.238. The number of Topliss-reactive ketones (excluding diaryl/α,β-unsaturated/α-hetero) is 1. The minimum absolute atomic E-state index is 0.101. The highest BCUT2D eigenvalue weighted by Crippen LogP contribution is 2.29. The second-order valence-electron chi connectivity index (χ2n) is 6.32. The van der Waals surface area contributed by atoms with Crippen molar-refractivity contribution in [3.05, 3.63) is 71.8 Å². The molecular weight excluding hydrogens is 441 g/mol. The summed E-state index contributed by atoms with van der Waals surface area (Å²) in [6, 6.07) is 8.92. The Hall–Kier alpha value is -4.09. The first kappa shape index (κ1) is 25.2. The zero-order valence-corrected chi connectivity index (χ0v) is 17.7. The SMILES string of the molecule is CC.NC(=O)C(=O)C(Cc1ccccc1)NC(=O)c1cc(C(F)(F)F)nn1-c1ncccn1. The zero-order valence-electron chi connectivity index (χ0n) is 17.7. The molecule has 2 amide bonds. The van der Waals surface area contributed by atoms with E-state index in [-0.39, 0.29) is 12.4 Å². The molecule has 33 heavy (non-hydrogen) atoms. The van der Waals surface area contributed by atoms with Crippen LogP contribution in [0, 0.1) is 0 Å². The number of primary amides is 1. The van der Waals surface area contributed by atoms with Crippen molar-refractivity contribution < 1.29 is 27.6 Å². The molecule has 1 atom stereocenters. The zero-order chi connectivity index (χ0) is 24.6. The summed E-state index contributed by atoms with van der Waals surface area (Å²) >= 11 is 0. The molecule has 0 spiro atoms. The second-order valence-corrected chi connectivity index (χ2v) is 6.32. The molecule has 2 heterocycles. The number of ketones is 1. The van der Waals surface area contributed by atoms with E-state index in [1.165, 1.54) is 18.5 Å². The predicted octanol–water partition coefficient (Wildman–Crippen LogP) is 2.10. The quantitative estimate of drug-likeness (QED) is 0.517. The minimum atomic E-state index is -4.85. The fourth-order valence-electron chi connectivity index (χ4n) is 2.70. The third kappa shape index (κ3) is 6.45. The van der Waals surface area contributed by atoms with Crippen molar-refractivity contribution in [2.75, 3.05) is 0 Å². The van der Waals surface area contributed by atoms with E-state index >= 15 is 0 Å². The normalized spacial score (nSPS) is 11.7. The summed E-state index contributed by atoms with van der Waals surface area (Å²) < 4.78 is 40.1. The lowest BCUT2D eigenvalue weighted by atomic mass is 10.0. The highest BCUT2D eigenvalue weighted by molar-refractivity contribution is 6.38. The number of aromatic nitrogens is 4. The Kier molecular flexibility index (Phi) is 8.37. The van der Waals surface area contributed by atoms with Crippen LogP contribution in [-0.4, -0.2) is 43.4 Å². The molecule has 1 aromatic carbocycles. The number of carbonyl (C=O) groups is 3. The van der Waals surface area contributed by atoms with Crippen molar-refractivity contribution in [2.45, 2.75) is 32.5 Å². The summed E-state index contributed by atoms with van der Waals surface area (Å²) in [5.74, 6) is -3.78. The third-order valence-corrected chi connectivity index (χ3v) is 4.12. The molecule has 3 aromatic rings. The average Bonchev–Trinajstić information content (AvgIpc) is 3.27. The molecule has 0 aliphatic heterocycles. The molecule has 0 saturated heterocycles. The van der Waals surface area contributed by atoms with Gasteiger partial charge in [-0.2, -0.15) is 23.0 Å². The van der Waals surface area contributed by atoms with E-state index < -0.39 is 41.2 Å². The Balaban J connectivity index is 0.00000187. The van der Waals surface area contributed by atoms with E-state index in [1.807, 2.05) is 13.8 Å². The molecule has 3 rings (SSSR count). The van der Waals surface area contributed by atoms with Crippen LogP contribution >= 0.6 is 0 Å². The molecule has 3 N–H and O–H groups in total. The van der Waals surface area contributed by atoms with Crippen LogP contribution in [-0.2, 0) is 22.2 Å². The minimum Gasteiger partial charge on any atom is -0.363 e. The van der Waals surface area contributed by atoms with Crippen molar-refractivity contribution in [1.82, 2.24) is 25.1 Å². The molecule has 174 valence electrons. The largest absolute Gasteiger partial charge is 0.435 e. The van der Waals surface area contributed by atoms with Crippen molar-refractivity contribution in [1.29, 1.82) is 0 Å². The number of benzene rings is 1. The summed E-state index contributed by atoms with van der Waals surface area (Å²) in [4.78, 5) is 44.0.